The molecule has 78 valence electrons. The second kappa shape index (κ2) is 6.40. The normalized spacial score (nSPS) is 11.3. The molecule has 0 unspecified atom stereocenters. The van der Waals surface area contributed by atoms with Crippen LogP contribution in [0.3, 0.4) is 0 Å². The molecule has 0 saturated heterocycles. The van der Waals surface area contributed by atoms with Crippen LogP contribution in [0.4, 0.5) is 0 Å². The number of rotatable bonds is 3. The highest BCUT2D eigenvalue weighted by atomic mass is 35.5. The van der Waals surface area contributed by atoms with Gasteiger partial charge in [-0.25, -0.2) is 0 Å². The maximum atomic E-state index is 11.3. The average molecular weight is 215 g/mol. The summed E-state index contributed by atoms with van der Waals surface area (Å²) >= 11 is 0. The monoisotopic (exact) mass is 214 g/mol. The number of carbonyl (C=O) groups excluding carboxylic acids is 1. The lowest BCUT2D eigenvalue weighted by atomic mass is 10.1. The molecule has 0 saturated carbocycles. The molecular weight excluding hydrogens is 200 g/mol. The van der Waals surface area contributed by atoms with Crippen molar-refractivity contribution in [2.45, 2.75) is 13.0 Å². The molecule has 0 fully saturated rings. The summed E-state index contributed by atoms with van der Waals surface area (Å²) in [6.45, 7) is 2.48. The molecule has 3 nitrogen and oxygen atoms in total. The topological polar surface area (TPSA) is 55.1 Å². The van der Waals surface area contributed by atoms with Gasteiger partial charge in [-0.3, -0.25) is 4.79 Å². The molecule has 0 aliphatic carbocycles. The molecule has 1 atom stereocenters. The summed E-state index contributed by atoms with van der Waals surface area (Å²) in [5, 5.41) is 2.68. The summed E-state index contributed by atoms with van der Waals surface area (Å²) < 4.78 is 0. The number of nitrogens with one attached hydrogen (secondary N) is 1. The Labute approximate surface area is 90.1 Å². The van der Waals surface area contributed by atoms with E-state index >= 15 is 0 Å². The van der Waals surface area contributed by atoms with E-state index in [4.69, 9.17) is 5.73 Å². The van der Waals surface area contributed by atoms with Crippen LogP contribution in [-0.4, -0.2) is 12.5 Å². The van der Waals surface area contributed by atoms with Crippen LogP contribution < -0.4 is 11.1 Å². The van der Waals surface area contributed by atoms with Gasteiger partial charge >= 0.3 is 0 Å². The Morgan fingerprint density at radius 2 is 2.00 bits per heavy atom. The van der Waals surface area contributed by atoms with E-state index < -0.39 is 6.04 Å². The van der Waals surface area contributed by atoms with Gasteiger partial charge in [0.2, 0.25) is 5.91 Å². The van der Waals surface area contributed by atoms with E-state index in [1.165, 1.54) is 0 Å². The molecule has 1 rings (SSSR count). The molecule has 0 radical (unpaired) electrons. The third-order valence-corrected chi connectivity index (χ3v) is 1.79. The Bertz CT molecular complexity index is 277. The molecular formula is C10H15ClN2O. The summed E-state index contributed by atoms with van der Waals surface area (Å²) in [7, 11) is 0. The summed E-state index contributed by atoms with van der Waals surface area (Å²) in [5.74, 6) is -0.131. The third kappa shape index (κ3) is 3.36. The summed E-state index contributed by atoms with van der Waals surface area (Å²) in [6.07, 6.45) is 0. The number of carbonyl (C=O) groups is 1. The Kier molecular flexibility index (Phi) is 5.92. The number of amides is 1. The summed E-state index contributed by atoms with van der Waals surface area (Å²) in [4.78, 5) is 11.3. The zero-order valence-corrected chi connectivity index (χ0v) is 8.88. The minimum Gasteiger partial charge on any atom is -0.355 e. The molecule has 0 aromatic heterocycles. The molecule has 0 bridgehead atoms. The maximum absolute atomic E-state index is 11.3. The van der Waals surface area contributed by atoms with Crippen LogP contribution in [0.2, 0.25) is 0 Å². The summed E-state index contributed by atoms with van der Waals surface area (Å²) in [6, 6.07) is 8.78. The second-order valence-electron chi connectivity index (χ2n) is 2.78. The van der Waals surface area contributed by atoms with E-state index in [2.05, 4.69) is 5.32 Å². The molecule has 0 heterocycles. The van der Waals surface area contributed by atoms with E-state index in [-0.39, 0.29) is 18.3 Å². The standard InChI is InChI=1S/C10H14N2O.ClH/c1-2-12-10(13)9(11)8-6-4-3-5-7-8;/h3-7,9H,2,11H2,1H3,(H,12,13);1H/t9-;/m0./s1. The largest absolute Gasteiger partial charge is 0.355 e. The molecule has 1 amide bonds. The van der Waals surface area contributed by atoms with Crippen molar-refractivity contribution in [1.29, 1.82) is 0 Å². The fourth-order valence-corrected chi connectivity index (χ4v) is 1.10. The maximum Gasteiger partial charge on any atom is 0.241 e. The molecule has 1 aromatic carbocycles. The molecule has 0 aliphatic rings. The lowest BCUT2D eigenvalue weighted by molar-refractivity contribution is -0.122. The van der Waals surface area contributed by atoms with Crippen LogP contribution >= 0.6 is 12.4 Å². The minimum atomic E-state index is -0.554. The first-order chi connectivity index (χ1) is 6.25. The van der Waals surface area contributed by atoms with E-state index in [0.29, 0.717) is 6.54 Å². The fraction of sp³-hybridized carbons (Fsp3) is 0.300. The Balaban J connectivity index is 0.00000169. The van der Waals surface area contributed by atoms with Gasteiger partial charge in [0, 0.05) is 6.54 Å². The van der Waals surface area contributed by atoms with Crippen LogP contribution in [0, 0.1) is 0 Å². The smallest absolute Gasteiger partial charge is 0.241 e. The van der Waals surface area contributed by atoms with Crippen molar-refractivity contribution in [3.8, 4) is 0 Å². The van der Waals surface area contributed by atoms with Crippen molar-refractivity contribution in [2.75, 3.05) is 6.54 Å². The highest BCUT2D eigenvalue weighted by Gasteiger charge is 2.13. The number of likely N-dealkylation sites (N-methyl/N-ethyl adjacent to an activating group) is 1. The lowest BCUT2D eigenvalue weighted by Crippen LogP contribution is -2.33. The van der Waals surface area contributed by atoms with Gasteiger partial charge in [-0.15, -0.1) is 12.4 Å². The molecule has 0 spiro atoms. The Morgan fingerprint density at radius 1 is 1.43 bits per heavy atom. The summed E-state index contributed by atoms with van der Waals surface area (Å²) in [5.41, 5.74) is 6.55. The number of benzene rings is 1. The highest BCUT2D eigenvalue weighted by Crippen LogP contribution is 2.08. The predicted molar refractivity (Wildman–Crippen MR) is 59.3 cm³/mol. The van der Waals surface area contributed by atoms with Crippen molar-refractivity contribution in [1.82, 2.24) is 5.32 Å². The predicted octanol–water partition coefficient (Wildman–Crippen LogP) is 1.24. The van der Waals surface area contributed by atoms with Crippen LogP contribution in [0.1, 0.15) is 18.5 Å². The Morgan fingerprint density at radius 3 is 2.50 bits per heavy atom. The molecule has 3 N–H and O–H groups in total. The zero-order valence-electron chi connectivity index (χ0n) is 8.07. The minimum absolute atomic E-state index is 0. The van der Waals surface area contributed by atoms with Gasteiger partial charge in [-0.2, -0.15) is 0 Å². The number of halogens is 1. The lowest BCUT2D eigenvalue weighted by Gasteiger charge is -2.10. The van der Waals surface area contributed by atoms with Gasteiger partial charge in [0.25, 0.3) is 0 Å². The van der Waals surface area contributed by atoms with Gasteiger partial charge in [0.15, 0.2) is 0 Å². The first-order valence-electron chi connectivity index (χ1n) is 4.34. The van der Waals surface area contributed by atoms with Crippen molar-refractivity contribution < 1.29 is 4.79 Å². The van der Waals surface area contributed by atoms with Gasteiger partial charge in [0.1, 0.15) is 6.04 Å². The van der Waals surface area contributed by atoms with Gasteiger partial charge in [-0.05, 0) is 12.5 Å². The van der Waals surface area contributed by atoms with Gasteiger partial charge in [-0.1, -0.05) is 30.3 Å². The van der Waals surface area contributed by atoms with E-state index in [0.717, 1.165) is 5.56 Å². The first-order valence-corrected chi connectivity index (χ1v) is 4.34. The van der Waals surface area contributed by atoms with E-state index in [9.17, 15) is 4.79 Å². The van der Waals surface area contributed by atoms with Gasteiger partial charge < -0.3 is 11.1 Å². The van der Waals surface area contributed by atoms with Crippen LogP contribution in [0.15, 0.2) is 30.3 Å². The van der Waals surface area contributed by atoms with Crippen molar-refractivity contribution in [3.63, 3.8) is 0 Å². The van der Waals surface area contributed by atoms with E-state index in [1.54, 1.807) is 0 Å². The first kappa shape index (κ1) is 12.9. The molecule has 1 aromatic rings. The number of hydrogen-bond acceptors (Lipinski definition) is 2. The zero-order chi connectivity index (χ0) is 9.68. The molecule has 4 heteroatoms. The van der Waals surface area contributed by atoms with E-state index in [1.807, 2.05) is 37.3 Å². The fourth-order valence-electron chi connectivity index (χ4n) is 1.10. The third-order valence-electron chi connectivity index (χ3n) is 1.79. The van der Waals surface area contributed by atoms with Crippen molar-refractivity contribution in [2.24, 2.45) is 5.73 Å². The number of hydrogen-bond donors (Lipinski definition) is 2. The van der Waals surface area contributed by atoms with Gasteiger partial charge in [0.05, 0.1) is 0 Å². The van der Waals surface area contributed by atoms with Crippen LogP contribution in [0.25, 0.3) is 0 Å². The SMILES string of the molecule is CCNC(=O)[C@@H](N)c1ccccc1.Cl. The van der Waals surface area contributed by atoms with Crippen molar-refractivity contribution in [3.05, 3.63) is 35.9 Å². The highest BCUT2D eigenvalue weighted by molar-refractivity contribution is 5.85. The Hall–Kier alpha value is -1.06. The van der Waals surface area contributed by atoms with Crippen LogP contribution in [0.5, 0.6) is 0 Å². The second-order valence-corrected chi connectivity index (χ2v) is 2.78. The number of nitrogens with two attached hydrogens (primary N) is 1. The molecule has 0 aliphatic heterocycles. The van der Waals surface area contributed by atoms with Crippen molar-refractivity contribution >= 4 is 18.3 Å². The quantitative estimate of drug-likeness (QED) is 0.796. The van der Waals surface area contributed by atoms with Crippen LogP contribution in [-0.2, 0) is 4.79 Å². The molecule has 14 heavy (non-hydrogen) atoms. The average Bonchev–Trinajstić information content (AvgIpc) is 2.18.